The first-order chi connectivity index (χ1) is 8.43. The second-order valence-electron chi connectivity index (χ2n) is 4.05. The van der Waals surface area contributed by atoms with E-state index in [0.29, 0.717) is 6.42 Å². The van der Waals surface area contributed by atoms with Crippen LogP contribution in [-0.4, -0.2) is 26.8 Å². The van der Waals surface area contributed by atoms with Gasteiger partial charge in [-0.2, -0.15) is 0 Å². The van der Waals surface area contributed by atoms with E-state index in [-0.39, 0.29) is 18.4 Å². The van der Waals surface area contributed by atoms with Gasteiger partial charge in [-0.1, -0.05) is 22.9 Å². The number of sulfonamides is 1. The summed E-state index contributed by atoms with van der Waals surface area (Å²) < 4.78 is 32.0. The fourth-order valence-corrected chi connectivity index (χ4v) is 2.81. The fourth-order valence-electron chi connectivity index (χ4n) is 1.37. The maximum atomic E-state index is 11.5. The largest absolute Gasteiger partial charge is 0.489 e. The number of ether oxygens (including phenoxy) is 1. The molecular formula is C12H18BrNO3S. The molecule has 0 unspecified atom stereocenters. The Kier molecular flexibility index (Phi) is 6.11. The van der Waals surface area contributed by atoms with E-state index in [1.165, 1.54) is 0 Å². The maximum absolute atomic E-state index is 11.5. The van der Waals surface area contributed by atoms with E-state index in [1.54, 1.807) is 0 Å². The van der Waals surface area contributed by atoms with E-state index in [2.05, 4.69) is 20.7 Å². The molecule has 0 aliphatic rings. The van der Waals surface area contributed by atoms with Crippen LogP contribution in [0.3, 0.4) is 0 Å². The lowest BCUT2D eigenvalue weighted by atomic mass is 10.3. The summed E-state index contributed by atoms with van der Waals surface area (Å²) in [6.07, 6.45) is 0.398. The smallest absolute Gasteiger partial charge is 0.211 e. The number of nitrogens with one attached hydrogen (secondary N) is 1. The zero-order valence-corrected chi connectivity index (χ0v) is 12.9. The van der Waals surface area contributed by atoms with Gasteiger partial charge in [-0.05, 0) is 37.6 Å². The van der Waals surface area contributed by atoms with Crippen molar-refractivity contribution in [2.75, 3.05) is 12.3 Å². The van der Waals surface area contributed by atoms with E-state index in [4.69, 9.17) is 4.74 Å². The van der Waals surface area contributed by atoms with Crippen molar-refractivity contribution in [2.45, 2.75) is 26.4 Å². The van der Waals surface area contributed by atoms with Crippen LogP contribution < -0.4 is 9.46 Å². The fraction of sp³-hybridized carbons (Fsp3) is 0.500. The highest BCUT2D eigenvalue weighted by Crippen LogP contribution is 2.17. The predicted octanol–water partition coefficient (Wildman–Crippen LogP) is 2.55. The molecule has 0 aromatic heterocycles. The van der Waals surface area contributed by atoms with Gasteiger partial charge in [0, 0.05) is 11.0 Å². The lowest BCUT2D eigenvalue weighted by molar-refractivity contribution is 0.225. The van der Waals surface area contributed by atoms with Crippen LogP contribution >= 0.6 is 15.9 Å². The van der Waals surface area contributed by atoms with Crippen LogP contribution in [0, 0.1) is 0 Å². The molecule has 18 heavy (non-hydrogen) atoms. The molecule has 0 bridgehead atoms. The summed E-state index contributed by atoms with van der Waals surface area (Å²) >= 11 is 3.34. The van der Waals surface area contributed by atoms with Crippen molar-refractivity contribution in [3.63, 3.8) is 0 Å². The zero-order valence-electron chi connectivity index (χ0n) is 10.5. The van der Waals surface area contributed by atoms with Crippen LogP contribution in [0.15, 0.2) is 28.7 Å². The first-order valence-corrected chi connectivity index (χ1v) is 8.27. The molecular weight excluding hydrogens is 318 g/mol. The van der Waals surface area contributed by atoms with Gasteiger partial charge in [-0.15, -0.1) is 0 Å². The molecule has 0 saturated carbocycles. The molecule has 0 fully saturated rings. The molecule has 102 valence electrons. The molecule has 1 N–H and O–H groups in total. The van der Waals surface area contributed by atoms with E-state index >= 15 is 0 Å². The average molecular weight is 336 g/mol. The van der Waals surface area contributed by atoms with Gasteiger partial charge in [-0.3, -0.25) is 0 Å². The van der Waals surface area contributed by atoms with E-state index in [0.717, 1.165) is 10.2 Å². The van der Waals surface area contributed by atoms with Crippen molar-refractivity contribution < 1.29 is 13.2 Å². The third kappa shape index (κ3) is 5.84. The topological polar surface area (TPSA) is 55.4 Å². The van der Waals surface area contributed by atoms with Crippen molar-refractivity contribution in [2.24, 2.45) is 0 Å². The summed E-state index contributed by atoms with van der Waals surface area (Å²) in [5, 5.41) is 0. The first-order valence-electron chi connectivity index (χ1n) is 5.82. The molecule has 6 heteroatoms. The molecule has 0 spiro atoms. The molecule has 1 aromatic carbocycles. The minimum atomic E-state index is -3.16. The lowest BCUT2D eigenvalue weighted by Gasteiger charge is -2.15. The molecule has 0 amide bonds. The minimum Gasteiger partial charge on any atom is -0.489 e. The Labute approximate surface area is 117 Å². The Morgan fingerprint density at radius 1 is 1.33 bits per heavy atom. The van der Waals surface area contributed by atoms with Gasteiger partial charge in [0.05, 0.1) is 5.75 Å². The normalized spacial score (nSPS) is 13.3. The van der Waals surface area contributed by atoms with Crippen LogP contribution in [0.25, 0.3) is 0 Å². The van der Waals surface area contributed by atoms with Crippen LogP contribution in [-0.2, 0) is 10.0 Å². The lowest BCUT2D eigenvalue weighted by Crippen LogP contribution is -2.34. The summed E-state index contributed by atoms with van der Waals surface area (Å²) in [6.45, 7) is 3.94. The van der Waals surface area contributed by atoms with Gasteiger partial charge in [0.25, 0.3) is 0 Å². The molecule has 1 aromatic rings. The van der Waals surface area contributed by atoms with Gasteiger partial charge in [-0.25, -0.2) is 13.1 Å². The summed E-state index contributed by atoms with van der Waals surface area (Å²) in [4.78, 5) is 0. The highest BCUT2D eigenvalue weighted by atomic mass is 79.9. The van der Waals surface area contributed by atoms with Crippen molar-refractivity contribution in [3.8, 4) is 5.75 Å². The second kappa shape index (κ2) is 7.11. The number of halogens is 1. The van der Waals surface area contributed by atoms with Crippen molar-refractivity contribution in [1.29, 1.82) is 0 Å². The first kappa shape index (κ1) is 15.5. The third-order valence-electron chi connectivity index (χ3n) is 2.21. The Balaban J connectivity index is 2.42. The molecule has 0 radical (unpaired) electrons. The van der Waals surface area contributed by atoms with Crippen molar-refractivity contribution >= 4 is 26.0 Å². The Morgan fingerprint density at radius 3 is 2.50 bits per heavy atom. The van der Waals surface area contributed by atoms with Gasteiger partial charge >= 0.3 is 0 Å². The van der Waals surface area contributed by atoms with Crippen LogP contribution in [0.1, 0.15) is 20.3 Å². The number of benzene rings is 1. The van der Waals surface area contributed by atoms with Crippen molar-refractivity contribution in [1.82, 2.24) is 4.72 Å². The standard InChI is InChI=1S/C12H18BrNO3S/c1-3-8-18(15,16)14-9-10(2)17-12-6-4-11(13)5-7-12/h4-7,10,14H,3,8-9H2,1-2H3/t10-/m1/s1. The van der Waals surface area contributed by atoms with Crippen LogP contribution in [0.2, 0.25) is 0 Å². The predicted molar refractivity (Wildman–Crippen MR) is 76.3 cm³/mol. The molecule has 0 heterocycles. The summed E-state index contributed by atoms with van der Waals surface area (Å²) in [6, 6.07) is 7.43. The Hall–Kier alpha value is -0.590. The number of hydrogen-bond donors (Lipinski definition) is 1. The average Bonchev–Trinajstić information content (AvgIpc) is 2.30. The Bertz CT molecular complexity index is 459. The summed E-state index contributed by atoms with van der Waals surface area (Å²) in [5.74, 6) is 0.873. The highest BCUT2D eigenvalue weighted by molar-refractivity contribution is 9.10. The van der Waals surface area contributed by atoms with Gasteiger partial charge < -0.3 is 4.74 Å². The minimum absolute atomic E-state index is 0.151. The van der Waals surface area contributed by atoms with Crippen LogP contribution in [0.5, 0.6) is 5.75 Å². The quantitative estimate of drug-likeness (QED) is 0.833. The summed E-state index contributed by atoms with van der Waals surface area (Å²) in [7, 11) is -3.16. The number of hydrogen-bond acceptors (Lipinski definition) is 3. The van der Waals surface area contributed by atoms with E-state index < -0.39 is 10.0 Å². The SMILES string of the molecule is CCCS(=O)(=O)NC[C@@H](C)Oc1ccc(Br)cc1. The molecule has 1 rings (SSSR count). The maximum Gasteiger partial charge on any atom is 0.211 e. The van der Waals surface area contributed by atoms with Crippen molar-refractivity contribution in [3.05, 3.63) is 28.7 Å². The Morgan fingerprint density at radius 2 is 1.94 bits per heavy atom. The molecule has 4 nitrogen and oxygen atoms in total. The van der Waals surface area contributed by atoms with Gasteiger partial charge in [0.2, 0.25) is 10.0 Å². The van der Waals surface area contributed by atoms with Crippen LogP contribution in [0.4, 0.5) is 0 Å². The molecule has 0 aliphatic carbocycles. The van der Waals surface area contributed by atoms with E-state index in [1.807, 2.05) is 38.1 Å². The monoisotopic (exact) mass is 335 g/mol. The highest BCUT2D eigenvalue weighted by Gasteiger charge is 2.11. The van der Waals surface area contributed by atoms with Gasteiger partial charge in [0.1, 0.15) is 11.9 Å². The zero-order chi connectivity index (χ0) is 13.6. The van der Waals surface area contributed by atoms with E-state index in [9.17, 15) is 8.42 Å². The molecule has 1 atom stereocenters. The second-order valence-corrected chi connectivity index (χ2v) is 6.89. The molecule has 0 saturated heterocycles. The summed E-state index contributed by atoms with van der Waals surface area (Å²) in [5.41, 5.74) is 0. The third-order valence-corrected chi connectivity index (χ3v) is 4.30. The van der Waals surface area contributed by atoms with Gasteiger partial charge in [0.15, 0.2) is 0 Å². The number of rotatable bonds is 7. The molecule has 0 aliphatic heterocycles.